The number of H-pyrrole nitrogens is 1. The monoisotopic (exact) mass is 417 g/mol. The molecule has 2 heterocycles. The molecule has 2 aromatic carbocycles. The van der Waals surface area contributed by atoms with Gasteiger partial charge in [-0.3, -0.25) is 9.36 Å². The zero-order valence-electron chi connectivity index (χ0n) is 17.2. The Morgan fingerprint density at radius 2 is 1.84 bits per heavy atom. The van der Waals surface area contributed by atoms with Gasteiger partial charge in [-0.15, -0.1) is 0 Å². The SMILES string of the molecule is COc1ccc(Cn2c(C3CCN(C(=O)c4ccc(C#N)cc4)CC3)n[nH]c2=O)cc1. The first-order valence-corrected chi connectivity index (χ1v) is 10.2. The van der Waals surface area contributed by atoms with E-state index in [4.69, 9.17) is 10.00 Å². The number of hydrogen-bond acceptors (Lipinski definition) is 5. The van der Waals surface area contributed by atoms with Crippen LogP contribution in [0.4, 0.5) is 0 Å². The molecule has 8 heteroatoms. The molecule has 1 fully saturated rings. The molecule has 1 saturated heterocycles. The molecular weight excluding hydrogens is 394 g/mol. The summed E-state index contributed by atoms with van der Waals surface area (Å²) in [7, 11) is 1.62. The number of nitrogens with one attached hydrogen (secondary N) is 1. The van der Waals surface area contributed by atoms with E-state index in [0.29, 0.717) is 30.8 Å². The van der Waals surface area contributed by atoms with Crippen molar-refractivity contribution < 1.29 is 9.53 Å². The van der Waals surface area contributed by atoms with Crippen LogP contribution < -0.4 is 10.4 Å². The molecule has 3 aromatic rings. The molecule has 1 amide bonds. The fraction of sp³-hybridized carbons (Fsp3) is 0.304. The van der Waals surface area contributed by atoms with Crippen LogP contribution in [-0.4, -0.2) is 45.8 Å². The number of methoxy groups -OCH3 is 1. The van der Waals surface area contributed by atoms with Gasteiger partial charge in [0.05, 0.1) is 25.3 Å². The summed E-state index contributed by atoms with van der Waals surface area (Å²) in [5, 5.41) is 15.8. The lowest BCUT2D eigenvalue weighted by Gasteiger charge is -2.31. The molecule has 0 aliphatic carbocycles. The van der Waals surface area contributed by atoms with E-state index in [9.17, 15) is 9.59 Å². The fourth-order valence-electron chi connectivity index (χ4n) is 3.92. The second kappa shape index (κ2) is 8.88. The van der Waals surface area contributed by atoms with Crippen LogP contribution in [0.2, 0.25) is 0 Å². The summed E-state index contributed by atoms with van der Waals surface area (Å²) in [6.07, 6.45) is 1.46. The topological polar surface area (TPSA) is 104 Å². The van der Waals surface area contributed by atoms with Crippen LogP contribution >= 0.6 is 0 Å². The first kappa shape index (κ1) is 20.4. The third-order valence-corrected chi connectivity index (χ3v) is 5.70. The summed E-state index contributed by atoms with van der Waals surface area (Å²) >= 11 is 0. The first-order valence-electron chi connectivity index (χ1n) is 10.2. The lowest BCUT2D eigenvalue weighted by Crippen LogP contribution is -2.38. The number of rotatable bonds is 5. The number of carbonyl (C=O) groups is 1. The van der Waals surface area contributed by atoms with Gasteiger partial charge in [0.1, 0.15) is 11.6 Å². The van der Waals surface area contributed by atoms with Crippen molar-refractivity contribution in [2.45, 2.75) is 25.3 Å². The summed E-state index contributed by atoms with van der Waals surface area (Å²) in [5.41, 5.74) is 1.86. The minimum absolute atomic E-state index is 0.0411. The van der Waals surface area contributed by atoms with Gasteiger partial charge in [-0.1, -0.05) is 12.1 Å². The zero-order valence-corrected chi connectivity index (χ0v) is 17.2. The molecule has 1 aromatic heterocycles. The minimum Gasteiger partial charge on any atom is -0.497 e. The molecule has 0 bridgehead atoms. The number of carbonyl (C=O) groups excluding carboxylic acids is 1. The average Bonchev–Trinajstić information content (AvgIpc) is 3.19. The number of aromatic amines is 1. The molecule has 0 spiro atoms. The fourth-order valence-corrected chi connectivity index (χ4v) is 3.92. The molecule has 1 aliphatic heterocycles. The first-order chi connectivity index (χ1) is 15.1. The summed E-state index contributed by atoms with van der Waals surface area (Å²) in [6.45, 7) is 1.61. The molecule has 1 N–H and O–H groups in total. The summed E-state index contributed by atoms with van der Waals surface area (Å²) in [6, 6.07) is 16.3. The van der Waals surface area contributed by atoms with Crippen LogP contribution in [0.5, 0.6) is 5.75 Å². The Labute approximate surface area is 179 Å². The number of piperidine rings is 1. The Morgan fingerprint density at radius 3 is 2.45 bits per heavy atom. The van der Waals surface area contributed by atoms with Gasteiger partial charge in [0.25, 0.3) is 5.91 Å². The van der Waals surface area contributed by atoms with Crippen molar-refractivity contribution in [3.63, 3.8) is 0 Å². The maximum Gasteiger partial charge on any atom is 0.343 e. The predicted octanol–water partition coefficient (Wildman–Crippen LogP) is 2.52. The Balaban J connectivity index is 1.43. The highest BCUT2D eigenvalue weighted by molar-refractivity contribution is 5.94. The van der Waals surface area contributed by atoms with Gasteiger partial charge in [0, 0.05) is 24.6 Å². The highest BCUT2D eigenvalue weighted by Gasteiger charge is 2.28. The van der Waals surface area contributed by atoms with Crippen molar-refractivity contribution in [3.8, 4) is 11.8 Å². The van der Waals surface area contributed by atoms with Crippen LogP contribution in [0.25, 0.3) is 0 Å². The zero-order chi connectivity index (χ0) is 21.8. The molecule has 0 atom stereocenters. The van der Waals surface area contributed by atoms with Gasteiger partial charge in [-0.25, -0.2) is 9.89 Å². The molecule has 4 rings (SSSR count). The molecule has 158 valence electrons. The predicted molar refractivity (Wildman–Crippen MR) is 114 cm³/mol. The van der Waals surface area contributed by atoms with E-state index >= 15 is 0 Å². The van der Waals surface area contributed by atoms with E-state index in [2.05, 4.69) is 16.3 Å². The Morgan fingerprint density at radius 1 is 1.16 bits per heavy atom. The van der Waals surface area contributed by atoms with Crippen LogP contribution in [0.3, 0.4) is 0 Å². The van der Waals surface area contributed by atoms with Gasteiger partial charge < -0.3 is 9.64 Å². The lowest BCUT2D eigenvalue weighted by molar-refractivity contribution is 0.0710. The van der Waals surface area contributed by atoms with Crippen LogP contribution in [0.15, 0.2) is 53.3 Å². The van der Waals surface area contributed by atoms with E-state index in [1.807, 2.05) is 29.2 Å². The smallest absolute Gasteiger partial charge is 0.343 e. The highest BCUT2D eigenvalue weighted by Crippen LogP contribution is 2.27. The summed E-state index contributed by atoms with van der Waals surface area (Å²) < 4.78 is 6.86. The van der Waals surface area contributed by atoms with Crippen LogP contribution in [0.1, 0.15) is 46.1 Å². The molecular formula is C23H23N5O3. The van der Waals surface area contributed by atoms with E-state index < -0.39 is 0 Å². The number of benzene rings is 2. The van der Waals surface area contributed by atoms with Crippen molar-refractivity contribution >= 4 is 5.91 Å². The molecule has 1 aliphatic rings. The van der Waals surface area contributed by atoms with Gasteiger partial charge >= 0.3 is 5.69 Å². The summed E-state index contributed by atoms with van der Waals surface area (Å²) in [5.74, 6) is 1.55. The second-order valence-electron chi connectivity index (χ2n) is 7.58. The van der Waals surface area contributed by atoms with Crippen LogP contribution in [0, 0.1) is 11.3 Å². The standard InChI is InChI=1S/C23H23N5O3/c1-31-20-8-4-17(5-9-20)15-28-21(25-26-23(28)30)18-10-12-27(13-11-18)22(29)19-6-2-16(14-24)3-7-19/h2-9,18H,10-13,15H2,1H3,(H,26,30). The number of likely N-dealkylation sites (tertiary alicyclic amines) is 1. The summed E-state index contributed by atoms with van der Waals surface area (Å²) in [4.78, 5) is 26.9. The third kappa shape index (κ3) is 4.36. The van der Waals surface area contributed by atoms with Crippen molar-refractivity contribution in [2.75, 3.05) is 20.2 Å². The Bertz CT molecular complexity index is 1150. The van der Waals surface area contributed by atoms with Crippen molar-refractivity contribution in [1.29, 1.82) is 5.26 Å². The second-order valence-corrected chi connectivity index (χ2v) is 7.58. The Hall–Kier alpha value is -3.86. The van der Waals surface area contributed by atoms with E-state index in [0.717, 1.165) is 30.0 Å². The number of nitrogens with zero attached hydrogens (tertiary/aromatic N) is 4. The third-order valence-electron chi connectivity index (χ3n) is 5.70. The van der Waals surface area contributed by atoms with E-state index in [1.54, 1.807) is 35.9 Å². The number of amides is 1. The minimum atomic E-state index is -0.234. The quantitative estimate of drug-likeness (QED) is 0.687. The van der Waals surface area contributed by atoms with E-state index in [1.165, 1.54) is 0 Å². The largest absolute Gasteiger partial charge is 0.497 e. The van der Waals surface area contributed by atoms with Crippen molar-refractivity contribution in [1.82, 2.24) is 19.7 Å². The number of nitriles is 1. The number of ether oxygens (including phenoxy) is 1. The lowest BCUT2D eigenvalue weighted by atomic mass is 9.95. The maximum atomic E-state index is 12.8. The maximum absolute atomic E-state index is 12.8. The molecule has 31 heavy (non-hydrogen) atoms. The van der Waals surface area contributed by atoms with Gasteiger partial charge in [0.2, 0.25) is 0 Å². The van der Waals surface area contributed by atoms with Crippen LogP contribution in [-0.2, 0) is 6.54 Å². The Kier molecular flexibility index (Phi) is 5.85. The van der Waals surface area contributed by atoms with Crippen molar-refractivity contribution in [2.24, 2.45) is 0 Å². The molecule has 0 unspecified atom stereocenters. The van der Waals surface area contributed by atoms with Gasteiger partial charge in [0.15, 0.2) is 0 Å². The molecule has 0 radical (unpaired) electrons. The molecule has 0 saturated carbocycles. The number of aromatic nitrogens is 3. The number of hydrogen-bond donors (Lipinski definition) is 1. The van der Waals surface area contributed by atoms with Gasteiger partial charge in [-0.05, 0) is 54.8 Å². The van der Waals surface area contributed by atoms with E-state index in [-0.39, 0.29) is 17.5 Å². The molecule has 8 nitrogen and oxygen atoms in total. The average molecular weight is 417 g/mol. The highest BCUT2D eigenvalue weighted by atomic mass is 16.5. The van der Waals surface area contributed by atoms with Crippen molar-refractivity contribution in [3.05, 3.63) is 81.5 Å². The normalized spacial score (nSPS) is 14.3. The van der Waals surface area contributed by atoms with Gasteiger partial charge in [-0.2, -0.15) is 10.4 Å².